The maximum absolute atomic E-state index is 12.7. The molecule has 9 heteroatoms. The summed E-state index contributed by atoms with van der Waals surface area (Å²) in [5.74, 6) is -0.139. The van der Waals surface area contributed by atoms with E-state index in [1.807, 2.05) is 60.7 Å². The first-order valence-corrected chi connectivity index (χ1v) is 12.1. The first-order valence-electron chi connectivity index (χ1n) is 10.2. The van der Waals surface area contributed by atoms with Gasteiger partial charge in [0.1, 0.15) is 5.75 Å². The van der Waals surface area contributed by atoms with Crippen LogP contribution in [0.1, 0.15) is 17.2 Å². The molecule has 3 aromatic rings. The Bertz CT molecular complexity index is 1120. The summed E-state index contributed by atoms with van der Waals surface area (Å²) >= 11 is 6.20. The summed E-state index contributed by atoms with van der Waals surface area (Å²) in [6.07, 6.45) is 0. The van der Waals surface area contributed by atoms with Crippen molar-refractivity contribution < 1.29 is 22.7 Å². The molecule has 1 amide bonds. The third-order valence-corrected chi connectivity index (χ3v) is 6.50. The molecule has 0 bridgehead atoms. The minimum atomic E-state index is -3.73. The van der Waals surface area contributed by atoms with E-state index in [9.17, 15) is 13.2 Å². The van der Waals surface area contributed by atoms with Crippen molar-refractivity contribution in [1.29, 1.82) is 0 Å². The fraction of sp³-hybridized carbons (Fsp3) is 0.208. The maximum Gasteiger partial charge on any atom is 0.258 e. The molecular weight excluding hydrogens is 464 g/mol. The van der Waals surface area contributed by atoms with E-state index in [0.717, 1.165) is 11.1 Å². The zero-order chi connectivity index (χ0) is 23.7. The molecule has 33 heavy (non-hydrogen) atoms. The van der Waals surface area contributed by atoms with Crippen LogP contribution in [0.2, 0.25) is 5.02 Å². The van der Waals surface area contributed by atoms with Gasteiger partial charge in [-0.25, -0.2) is 13.1 Å². The Morgan fingerprint density at radius 3 is 2.12 bits per heavy atom. The Hall–Kier alpha value is -2.91. The summed E-state index contributed by atoms with van der Waals surface area (Å²) in [4.78, 5) is 12.7. The van der Waals surface area contributed by atoms with Gasteiger partial charge in [-0.05, 0) is 29.3 Å². The van der Waals surface area contributed by atoms with Crippen molar-refractivity contribution in [2.45, 2.75) is 10.9 Å². The predicted octanol–water partition coefficient (Wildman–Crippen LogP) is 3.55. The maximum atomic E-state index is 12.7. The fourth-order valence-corrected chi connectivity index (χ4v) is 4.46. The third-order valence-electron chi connectivity index (χ3n) is 4.74. The van der Waals surface area contributed by atoms with Gasteiger partial charge in [-0.2, -0.15) is 0 Å². The van der Waals surface area contributed by atoms with Crippen molar-refractivity contribution in [2.75, 3.05) is 26.9 Å². The highest BCUT2D eigenvalue weighted by Crippen LogP contribution is 2.27. The van der Waals surface area contributed by atoms with Crippen LogP contribution in [-0.2, 0) is 19.6 Å². The molecule has 0 aliphatic carbocycles. The van der Waals surface area contributed by atoms with Crippen LogP contribution in [0, 0.1) is 0 Å². The van der Waals surface area contributed by atoms with Crippen LogP contribution in [0.15, 0.2) is 83.8 Å². The van der Waals surface area contributed by atoms with Gasteiger partial charge >= 0.3 is 0 Å². The van der Waals surface area contributed by atoms with Gasteiger partial charge in [0.25, 0.3) is 5.91 Å². The van der Waals surface area contributed by atoms with E-state index < -0.39 is 10.0 Å². The van der Waals surface area contributed by atoms with Crippen LogP contribution < -0.4 is 14.8 Å². The number of carbonyl (C=O) groups excluding carboxylic acids is 1. The van der Waals surface area contributed by atoms with Crippen LogP contribution in [0.3, 0.4) is 0 Å². The largest absolute Gasteiger partial charge is 0.482 e. The molecule has 0 aromatic heterocycles. The van der Waals surface area contributed by atoms with Crippen molar-refractivity contribution in [3.8, 4) is 5.75 Å². The van der Waals surface area contributed by atoms with Gasteiger partial charge in [0.2, 0.25) is 10.0 Å². The summed E-state index contributed by atoms with van der Waals surface area (Å²) in [5, 5.41) is 3.06. The van der Waals surface area contributed by atoms with E-state index in [-0.39, 0.29) is 47.4 Å². The standard InChI is InChI=1S/C24H25ClN2O5S/c1-31-15-14-26-33(29,30)20-12-13-22(21(25)16-20)32-17-23(28)27-24(18-8-4-2-5-9-18)19-10-6-3-7-11-19/h2-13,16,24,26H,14-15,17H2,1H3,(H,27,28). The molecule has 2 N–H and O–H groups in total. The molecule has 174 valence electrons. The fourth-order valence-electron chi connectivity index (χ4n) is 3.12. The van der Waals surface area contributed by atoms with E-state index in [4.69, 9.17) is 21.1 Å². The van der Waals surface area contributed by atoms with Crippen molar-refractivity contribution in [2.24, 2.45) is 0 Å². The molecule has 0 radical (unpaired) electrons. The number of benzene rings is 3. The van der Waals surface area contributed by atoms with Gasteiger partial charge < -0.3 is 14.8 Å². The number of halogens is 1. The van der Waals surface area contributed by atoms with Crippen LogP contribution in [0.5, 0.6) is 5.75 Å². The molecule has 0 spiro atoms. The monoisotopic (exact) mass is 488 g/mol. The Morgan fingerprint density at radius 2 is 1.58 bits per heavy atom. The quantitative estimate of drug-likeness (QED) is 0.402. The van der Waals surface area contributed by atoms with Gasteiger partial charge in [-0.1, -0.05) is 72.3 Å². The number of amides is 1. The zero-order valence-corrected chi connectivity index (χ0v) is 19.6. The van der Waals surface area contributed by atoms with E-state index >= 15 is 0 Å². The highest BCUT2D eigenvalue weighted by Gasteiger charge is 2.19. The van der Waals surface area contributed by atoms with Crippen LogP contribution in [-0.4, -0.2) is 41.2 Å². The number of methoxy groups -OCH3 is 1. The third kappa shape index (κ3) is 7.03. The van der Waals surface area contributed by atoms with Gasteiger partial charge in [0, 0.05) is 13.7 Å². The average Bonchev–Trinajstić information content (AvgIpc) is 2.83. The van der Waals surface area contributed by atoms with Crippen LogP contribution in [0.4, 0.5) is 0 Å². The molecule has 3 aromatic carbocycles. The van der Waals surface area contributed by atoms with Crippen LogP contribution in [0.25, 0.3) is 0 Å². The average molecular weight is 489 g/mol. The summed E-state index contributed by atoms with van der Waals surface area (Å²) in [7, 11) is -2.25. The minimum absolute atomic E-state index is 0.00590. The summed E-state index contributed by atoms with van der Waals surface area (Å²) < 4.78 is 37.4. The molecule has 0 fully saturated rings. The van der Waals surface area contributed by atoms with Gasteiger partial charge in [-0.15, -0.1) is 0 Å². The topological polar surface area (TPSA) is 93.7 Å². The molecule has 0 heterocycles. The number of hydrogen-bond donors (Lipinski definition) is 2. The molecule has 0 saturated heterocycles. The molecular formula is C24H25ClN2O5S. The lowest BCUT2D eigenvalue weighted by Crippen LogP contribution is -2.33. The van der Waals surface area contributed by atoms with E-state index in [1.165, 1.54) is 25.3 Å². The second kappa shape index (κ2) is 11.8. The Labute approximate surface area is 198 Å². The molecule has 0 unspecified atom stereocenters. The second-order valence-electron chi connectivity index (χ2n) is 7.09. The molecule has 0 aliphatic rings. The Balaban J connectivity index is 1.66. The normalized spacial score (nSPS) is 11.4. The second-order valence-corrected chi connectivity index (χ2v) is 9.27. The first kappa shape index (κ1) is 24.7. The minimum Gasteiger partial charge on any atom is -0.482 e. The lowest BCUT2D eigenvalue weighted by atomic mass is 9.99. The number of carbonyl (C=O) groups is 1. The van der Waals surface area contributed by atoms with E-state index in [0.29, 0.717) is 0 Å². The Morgan fingerprint density at radius 1 is 0.970 bits per heavy atom. The van der Waals surface area contributed by atoms with Crippen molar-refractivity contribution in [1.82, 2.24) is 10.0 Å². The number of hydrogen-bond acceptors (Lipinski definition) is 5. The SMILES string of the molecule is COCCNS(=O)(=O)c1ccc(OCC(=O)NC(c2ccccc2)c2ccccc2)c(Cl)c1. The number of sulfonamides is 1. The van der Waals surface area contributed by atoms with Crippen molar-refractivity contribution in [3.05, 3.63) is 95.0 Å². The molecule has 0 saturated carbocycles. The number of ether oxygens (including phenoxy) is 2. The smallest absolute Gasteiger partial charge is 0.258 e. The molecule has 0 aliphatic heterocycles. The summed E-state index contributed by atoms with van der Waals surface area (Å²) in [6.45, 7) is 0.100. The van der Waals surface area contributed by atoms with Gasteiger partial charge in [0.15, 0.2) is 6.61 Å². The van der Waals surface area contributed by atoms with E-state index in [1.54, 1.807) is 0 Å². The summed E-state index contributed by atoms with van der Waals surface area (Å²) in [6, 6.07) is 22.9. The zero-order valence-electron chi connectivity index (χ0n) is 18.0. The number of rotatable bonds is 11. The van der Waals surface area contributed by atoms with Crippen molar-refractivity contribution in [3.63, 3.8) is 0 Å². The van der Waals surface area contributed by atoms with Gasteiger partial charge in [0.05, 0.1) is 22.6 Å². The van der Waals surface area contributed by atoms with E-state index in [2.05, 4.69) is 10.0 Å². The highest BCUT2D eigenvalue weighted by molar-refractivity contribution is 7.89. The first-order chi connectivity index (χ1) is 15.9. The van der Waals surface area contributed by atoms with Crippen molar-refractivity contribution >= 4 is 27.5 Å². The Kier molecular flexibility index (Phi) is 8.85. The molecule has 0 atom stereocenters. The number of nitrogens with one attached hydrogen (secondary N) is 2. The lowest BCUT2D eigenvalue weighted by molar-refractivity contribution is -0.123. The molecule has 7 nitrogen and oxygen atoms in total. The highest BCUT2D eigenvalue weighted by atomic mass is 35.5. The predicted molar refractivity (Wildman–Crippen MR) is 127 cm³/mol. The lowest BCUT2D eigenvalue weighted by Gasteiger charge is -2.20. The van der Waals surface area contributed by atoms with Gasteiger partial charge in [-0.3, -0.25) is 4.79 Å². The summed E-state index contributed by atoms with van der Waals surface area (Å²) in [5.41, 5.74) is 1.87. The molecule has 3 rings (SSSR count). The van der Waals surface area contributed by atoms with Crippen LogP contribution >= 0.6 is 11.6 Å².